The predicted molar refractivity (Wildman–Crippen MR) is 102 cm³/mol. The first kappa shape index (κ1) is 19.0. The van der Waals surface area contributed by atoms with Crippen LogP contribution in [0.1, 0.15) is 37.2 Å². The number of carbonyl (C=O) groups excluding carboxylic acids is 3. The first-order chi connectivity index (χ1) is 13.3. The van der Waals surface area contributed by atoms with Gasteiger partial charge in [-0.1, -0.05) is 13.8 Å². The molecule has 4 rings (SSSR count). The van der Waals surface area contributed by atoms with Crippen molar-refractivity contribution < 1.29 is 14.4 Å². The van der Waals surface area contributed by atoms with Gasteiger partial charge in [0.15, 0.2) is 0 Å². The molecule has 0 unspecified atom stereocenters. The van der Waals surface area contributed by atoms with Crippen LogP contribution in [0.15, 0.2) is 12.3 Å². The van der Waals surface area contributed by atoms with Gasteiger partial charge < -0.3 is 14.7 Å². The molecule has 0 aliphatic carbocycles. The monoisotopic (exact) mass is 387 g/mol. The molecule has 0 radical (unpaired) electrons. The van der Waals surface area contributed by atoms with Gasteiger partial charge in [0.25, 0.3) is 5.91 Å². The minimum Gasteiger partial charge on any atom is -0.342 e. The zero-order valence-electron chi connectivity index (χ0n) is 16.9. The number of aryl methyl sites for hydroxylation is 1. The van der Waals surface area contributed by atoms with E-state index in [1.54, 1.807) is 28.9 Å². The number of aromatic nitrogens is 2. The molecular weight excluding hydrogens is 358 g/mol. The van der Waals surface area contributed by atoms with Gasteiger partial charge in [0.2, 0.25) is 11.8 Å². The van der Waals surface area contributed by atoms with Crippen LogP contribution in [-0.4, -0.2) is 81.5 Å². The standard InChI is InChI=1S/C20H29N5O3/c1-14(2)17(26)24-10-15-11-25(18(27)16-6-9-22(3)21-16)13-20(15,12-24)19(28)23-7-4-5-8-23/h6,9,14-15H,4-5,7-8,10-13H2,1-3H3/t15-,20-/m0/s1. The molecule has 28 heavy (non-hydrogen) atoms. The number of likely N-dealkylation sites (tertiary alicyclic amines) is 3. The maximum absolute atomic E-state index is 13.5. The number of hydrogen-bond acceptors (Lipinski definition) is 4. The number of hydrogen-bond donors (Lipinski definition) is 0. The lowest BCUT2D eigenvalue weighted by molar-refractivity contribution is -0.141. The fourth-order valence-electron chi connectivity index (χ4n) is 4.98. The molecule has 0 N–H and O–H groups in total. The third-order valence-corrected chi connectivity index (χ3v) is 6.45. The molecule has 3 aliphatic heterocycles. The van der Waals surface area contributed by atoms with Gasteiger partial charge in [0, 0.05) is 64.3 Å². The van der Waals surface area contributed by atoms with E-state index < -0.39 is 5.41 Å². The fourth-order valence-corrected chi connectivity index (χ4v) is 4.98. The summed E-state index contributed by atoms with van der Waals surface area (Å²) in [5.74, 6) is -0.0405. The molecule has 3 aliphatic rings. The average molecular weight is 387 g/mol. The van der Waals surface area contributed by atoms with Gasteiger partial charge in [0.1, 0.15) is 5.69 Å². The summed E-state index contributed by atoms with van der Waals surface area (Å²) in [4.78, 5) is 44.6. The Kier molecular flexibility index (Phi) is 4.67. The van der Waals surface area contributed by atoms with Crippen LogP contribution in [-0.2, 0) is 16.6 Å². The first-order valence-corrected chi connectivity index (χ1v) is 10.2. The van der Waals surface area contributed by atoms with Crippen molar-refractivity contribution in [2.45, 2.75) is 26.7 Å². The van der Waals surface area contributed by atoms with E-state index in [-0.39, 0.29) is 29.6 Å². The predicted octanol–water partition coefficient (Wildman–Crippen LogP) is 0.599. The lowest BCUT2D eigenvalue weighted by Gasteiger charge is -2.32. The highest BCUT2D eigenvalue weighted by molar-refractivity contribution is 5.94. The molecule has 3 fully saturated rings. The van der Waals surface area contributed by atoms with Gasteiger partial charge in [-0.15, -0.1) is 0 Å². The Hall–Kier alpha value is -2.38. The summed E-state index contributed by atoms with van der Waals surface area (Å²) >= 11 is 0. The van der Waals surface area contributed by atoms with E-state index in [4.69, 9.17) is 0 Å². The van der Waals surface area contributed by atoms with Gasteiger partial charge in [-0.2, -0.15) is 5.10 Å². The first-order valence-electron chi connectivity index (χ1n) is 10.2. The molecule has 0 aromatic carbocycles. The molecule has 0 saturated carbocycles. The van der Waals surface area contributed by atoms with Crippen LogP contribution in [0.25, 0.3) is 0 Å². The van der Waals surface area contributed by atoms with Crippen molar-refractivity contribution in [1.29, 1.82) is 0 Å². The largest absolute Gasteiger partial charge is 0.342 e. The quantitative estimate of drug-likeness (QED) is 0.761. The minimum absolute atomic E-state index is 0.0176. The number of amides is 3. The molecule has 8 heteroatoms. The summed E-state index contributed by atoms with van der Waals surface area (Å²) in [6, 6.07) is 1.71. The van der Waals surface area contributed by atoms with E-state index >= 15 is 0 Å². The Bertz CT molecular complexity index is 798. The van der Waals surface area contributed by atoms with Crippen LogP contribution >= 0.6 is 0 Å². The summed E-state index contributed by atoms with van der Waals surface area (Å²) in [7, 11) is 1.78. The van der Waals surface area contributed by atoms with E-state index in [1.807, 2.05) is 23.6 Å². The fraction of sp³-hybridized carbons (Fsp3) is 0.700. The average Bonchev–Trinajstić information content (AvgIpc) is 3.42. The SMILES string of the molecule is CC(C)C(=O)N1C[C@H]2CN(C(=O)c3ccn(C)n3)C[C@@]2(C(=O)N2CCCC2)C1. The summed E-state index contributed by atoms with van der Waals surface area (Å²) < 4.78 is 1.61. The molecule has 0 spiro atoms. The zero-order chi connectivity index (χ0) is 20.1. The molecule has 1 aromatic rings. The lowest BCUT2D eigenvalue weighted by Crippen LogP contribution is -2.49. The number of carbonyl (C=O) groups is 3. The molecule has 4 heterocycles. The number of rotatable bonds is 3. The third kappa shape index (κ3) is 2.99. The Morgan fingerprint density at radius 3 is 2.32 bits per heavy atom. The van der Waals surface area contributed by atoms with Crippen molar-refractivity contribution in [1.82, 2.24) is 24.5 Å². The number of nitrogens with zero attached hydrogens (tertiary/aromatic N) is 5. The molecule has 152 valence electrons. The van der Waals surface area contributed by atoms with Crippen LogP contribution in [0.2, 0.25) is 0 Å². The molecule has 0 bridgehead atoms. The molecule has 3 amide bonds. The maximum Gasteiger partial charge on any atom is 0.274 e. The Balaban J connectivity index is 1.60. The molecular formula is C20H29N5O3. The zero-order valence-corrected chi connectivity index (χ0v) is 16.9. The Morgan fingerprint density at radius 2 is 1.71 bits per heavy atom. The third-order valence-electron chi connectivity index (χ3n) is 6.45. The second-order valence-electron chi connectivity index (χ2n) is 8.79. The molecule has 2 atom stereocenters. The number of fused-ring (bicyclic) bond motifs is 1. The summed E-state index contributed by atoms with van der Waals surface area (Å²) in [5.41, 5.74) is -0.277. The smallest absolute Gasteiger partial charge is 0.274 e. The van der Waals surface area contributed by atoms with E-state index in [2.05, 4.69) is 5.10 Å². The van der Waals surface area contributed by atoms with Gasteiger partial charge in [-0.3, -0.25) is 19.1 Å². The van der Waals surface area contributed by atoms with Gasteiger partial charge >= 0.3 is 0 Å². The Labute approximate surface area is 165 Å². The van der Waals surface area contributed by atoms with Gasteiger partial charge in [-0.05, 0) is 18.9 Å². The Morgan fingerprint density at radius 1 is 1.07 bits per heavy atom. The molecule has 8 nitrogen and oxygen atoms in total. The summed E-state index contributed by atoms with van der Waals surface area (Å²) in [5, 5.41) is 4.23. The molecule has 1 aromatic heterocycles. The van der Waals surface area contributed by atoms with Crippen molar-refractivity contribution >= 4 is 17.7 Å². The lowest BCUT2D eigenvalue weighted by atomic mass is 9.79. The minimum atomic E-state index is -0.681. The van der Waals surface area contributed by atoms with Gasteiger partial charge in [-0.25, -0.2) is 0 Å². The van der Waals surface area contributed by atoms with E-state index in [1.165, 1.54) is 0 Å². The van der Waals surface area contributed by atoms with Crippen molar-refractivity contribution in [3.05, 3.63) is 18.0 Å². The van der Waals surface area contributed by atoms with Crippen molar-refractivity contribution in [2.75, 3.05) is 39.3 Å². The second-order valence-corrected chi connectivity index (χ2v) is 8.79. The summed E-state index contributed by atoms with van der Waals surface area (Å²) in [6.45, 7) is 7.16. The topological polar surface area (TPSA) is 78.8 Å². The van der Waals surface area contributed by atoms with E-state index in [0.717, 1.165) is 25.9 Å². The highest BCUT2D eigenvalue weighted by Gasteiger charge is 2.60. The maximum atomic E-state index is 13.5. The van der Waals surface area contributed by atoms with Crippen molar-refractivity contribution in [2.24, 2.45) is 24.3 Å². The summed E-state index contributed by atoms with van der Waals surface area (Å²) in [6.07, 6.45) is 3.80. The van der Waals surface area contributed by atoms with Crippen LogP contribution in [0.4, 0.5) is 0 Å². The molecule has 3 saturated heterocycles. The van der Waals surface area contributed by atoms with Crippen LogP contribution < -0.4 is 0 Å². The highest BCUT2D eigenvalue weighted by atomic mass is 16.2. The van der Waals surface area contributed by atoms with Crippen LogP contribution in [0.3, 0.4) is 0 Å². The van der Waals surface area contributed by atoms with Crippen LogP contribution in [0, 0.1) is 17.3 Å². The van der Waals surface area contributed by atoms with E-state index in [0.29, 0.717) is 31.9 Å². The normalized spacial score (nSPS) is 27.0. The van der Waals surface area contributed by atoms with Crippen LogP contribution in [0.5, 0.6) is 0 Å². The van der Waals surface area contributed by atoms with Crippen molar-refractivity contribution in [3.63, 3.8) is 0 Å². The highest BCUT2D eigenvalue weighted by Crippen LogP contribution is 2.45. The van der Waals surface area contributed by atoms with E-state index in [9.17, 15) is 14.4 Å². The second kappa shape index (κ2) is 6.90. The van der Waals surface area contributed by atoms with Gasteiger partial charge in [0.05, 0.1) is 5.41 Å². The van der Waals surface area contributed by atoms with Crippen molar-refractivity contribution in [3.8, 4) is 0 Å².